The Kier molecular flexibility index (Phi) is 7.10. The van der Waals surface area contributed by atoms with Gasteiger partial charge in [-0.1, -0.05) is 20.3 Å². The zero-order chi connectivity index (χ0) is 19.2. The molecule has 3 rings (SSSR count). The Morgan fingerprint density at radius 1 is 1.26 bits per heavy atom. The quantitative estimate of drug-likeness (QED) is 0.493. The minimum atomic E-state index is 0.131. The van der Waals surface area contributed by atoms with E-state index in [0.29, 0.717) is 24.5 Å². The first kappa shape index (κ1) is 20.1. The van der Waals surface area contributed by atoms with Crippen molar-refractivity contribution in [3.05, 3.63) is 16.1 Å². The van der Waals surface area contributed by atoms with Crippen LogP contribution >= 0.6 is 11.3 Å². The fourth-order valence-corrected chi connectivity index (χ4v) is 4.27. The lowest BCUT2D eigenvalue weighted by atomic mass is 9.85. The monoisotopic (exact) mass is 391 g/mol. The minimum Gasteiger partial charge on any atom is -0.357 e. The second-order valence-corrected chi connectivity index (χ2v) is 8.90. The van der Waals surface area contributed by atoms with Crippen molar-refractivity contribution in [1.29, 1.82) is 0 Å². The average molecular weight is 392 g/mol. The number of aliphatic imine (C=N–C) groups is 1. The standard InChI is InChI=1S/C20H33N5OS/c1-4-21-20(22-11-17-12-27-19(24-17)13(2)3)25-16-7-5-6-14(10-16)18(26)23-15-8-9-15/h12-16H,4-11H2,1-3H3,(H,23,26)(H2,21,22,25). The Labute approximate surface area is 166 Å². The maximum absolute atomic E-state index is 12.4. The first-order valence-electron chi connectivity index (χ1n) is 10.3. The molecule has 2 unspecified atom stereocenters. The van der Waals surface area contributed by atoms with Gasteiger partial charge in [0, 0.05) is 35.8 Å². The van der Waals surface area contributed by atoms with Gasteiger partial charge in [-0.05, 0) is 39.0 Å². The highest BCUT2D eigenvalue weighted by atomic mass is 32.1. The lowest BCUT2D eigenvalue weighted by Crippen LogP contribution is -2.47. The average Bonchev–Trinajstić information content (AvgIpc) is 3.33. The summed E-state index contributed by atoms with van der Waals surface area (Å²) in [5.41, 5.74) is 1.02. The van der Waals surface area contributed by atoms with Gasteiger partial charge in [0.05, 0.1) is 17.2 Å². The molecular formula is C20H33N5OS. The third-order valence-electron chi connectivity index (χ3n) is 5.12. The zero-order valence-electron chi connectivity index (χ0n) is 16.8. The highest BCUT2D eigenvalue weighted by Crippen LogP contribution is 2.27. The molecule has 27 heavy (non-hydrogen) atoms. The highest BCUT2D eigenvalue weighted by Gasteiger charge is 2.31. The van der Waals surface area contributed by atoms with E-state index < -0.39 is 0 Å². The number of hydrogen-bond acceptors (Lipinski definition) is 4. The second kappa shape index (κ2) is 9.53. The van der Waals surface area contributed by atoms with Crippen LogP contribution in [0.25, 0.3) is 0 Å². The van der Waals surface area contributed by atoms with Crippen molar-refractivity contribution in [2.45, 2.75) is 83.8 Å². The number of amides is 1. The molecule has 6 nitrogen and oxygen atoms in total. The fourth-order valence-electron chi connectivity index (χ4n) is 3.44. The number of hydrogen-bond donors (Lipinski definition) is 3. The summed E-state index contributed by atoms with van der Waals surface area (Å²) in [6.07, 6.45) is 6.35. The molecule has 0 aliphatic heterocycles. The van der Waals surface area contributed by atoms with Gasteiger partial charge in [-0.25, -0.2) is 9.98 Å². The Balaban J connectivity index is 1.54. The predicted molar refractivity (Wildman–Crippen MR) is 111 cm³/mol. The molecule has 0 aromatic carbocycles. The van der Waals surface area contributed by atoms with Crippen LogP contribution in [0.5, 0.6) is 0 Å². The summed E-state index contributed by atoms with van der Waals surface area (Å²) < 4.78 is 0. The molecule has 1 heterocycles. The van der Waals surface area contributed by atoms with E-state index in [0.717, 1.165) is 61.7 Å². The van der Waals surface area contributed by atoms with Gasteiger partial charge in [0.1, 0.15) is 0 Å². The van der Waals surface area contributed by atoms with Crippen molar-refractivity contribution in [3.63, 3.8) is 0 Å². The van der Waals surface area contributed by atoms with Crippen LogP contribution < -0.4 is 16.0 Å². The first-order valence-corrected chi connectivity index (χ1v) is 11.2. The molecule has 0 saturated heterocycles. The van der Waals surface area contributed by atoms with Gasteiger partial charge in [-0.15, -0.1) is 11.3 Å². The van der Waals surface area contributed by atoms with Crippen molar-refractivity contribution < 1.29 is 4.79 Å². The van der Waals surface area contributed by atoms with E-state index >= 15 is 0 Å². The smallest absolute Gasteiger partial charge is 0.223 e. The van der Waals surface area contributed by atoms with Crippen LogP contribution in [0.2, 0.25) is 0 Å². The van der Waals surface area contributed by atoms with Gasteiger partial charge < -0.3 is 16.0 Å². The van der Waals surface area contributed by atoms with Crippen LogP contribution in [0.4, 0.5) is 0 Å². The maximum Gasteiger partial charge on any atom is 0.223 e. The minimum absolute atomic E-state index is 0.131. The van der Waals surface area contributed by atoms with Crippen LogP contribution in [0.1, 0.15) is 75.9 Å². The number of carbonyl (C=O) groups excluding carboxylic acids is 1. The molecule has 0 spiro atoms. The summed E-state index contributed by atoms with van der Waals surface area (Å²) in [7, 11) is 0. The number of guanidine groups is 1. The topological polar surface area (TPSA) is 78.4 Å². The lowest BCUT2D eigenvalue weighted by Gasteiger charge is -2.30. The normalized spacial score (nSPS) is 23.3. The summed E-state index contributed by atoms with van der Waals surface area (Å²) in [5.74, 6) is 1.66. The Morgan fingerprint density at radius 3 is 2.74 bits per heavy atom. The molecule has 2 aliphatic carbocycles. The van der Waals surface area contributed by atoms with Gasteiger partial charge in [0.15, 0.2) is 5.96 Å². The summed E-state index contributed by atoms with van der Waals surface area (Å²) >= 11 is 1.71. The molecule has 1 aromatic rings. The molecule has 1 aromatic heterocycles. The second-order valence-electron chi connectivity index (χ2n) is 8.01. The number of nitrogens with one attached hydrogen (secondary N) is 3. The molecule has 2 atom stereocenters. The first-order chi connectivity index (χ1) is 13.0. The van der Waals surface area contributed by atoms with Crippen LogP contribution in [-0.4, -0.2) is 35.5 Å². The third-order valence-corrected chi connectivity index (χ3v) is 6.31. The molecule has 2 saturated carbocycles. The van der Waals surface area contributed by atoms with Crippen molar-refractivity contribution in [3.8, 4) is 0 Å². The molecule has 0 radical (unpaired) electrons. The molecule has 7 heteroatoms. The number of aromatic nitrogens is 1. The summed E-state index contributed by atoms with van der Waals surface area (Å²) in [4.78, 5) is 21.8. The van der Waals surface area contributed by atoms with E-state index in [4.69, 9.17) is 4.99 Å². The molecular weight excluding hydrogens is 358 g/mol. The van der Waals surface area contributed by atoms with Crippen molar-refractivity contribution in [2.24, 2.45) is 10.9 Å². The summed E-state index contributed by atoms with van der Waals surface area (Å²) in [5, 5.41) is 13.3. The molecule has 3 N–H and O–H groups in total. The maximum atomic E-state index is 12.4. The number of thiazole rings is 1. The fraction of sp³-hybridized carbons (Fsp3) is 0.750. The molecule has 150 valence electrons. The third kappa shape index (κ3) is 6.19. The van der Waals surface area contributed by atoms with E-state index in [1.54, 1.807) is 11.3 Å². The summed E-state index contributed by atoms with van der Waals surface area (Å²) in [6.45, 7) is 7.80. The van der Waals surface area contributed by atoms with Crippen molar-refractivity contribution in [1.82, 2.24) is 20.9 Å². The number of nitrogens with zero attached hydrogens (tertiary/aromatic N) is 2. The van der Waals surface area contributed by atoms with Gasteiger partial charge in [0.2, 0.25) is 5.91 Å². The molecule has 2 fully saturated rings. The van der Waals surface area contributed by atoms with E-state index in [1.165, 1.54) is 0 Å². The summed E-state index contributed by atoms with van der Waals surface area (Å²) in [6, 6.07) is 0.742. The van der Waals surface area contributed by atoms with Gasteiger partial charge in [0.25, 0.3) is 0 Å². The van der Waals surface area contributed by atoms with Crippen LogP contribution in [0, 0.1) is 5.92 Å². The SMILES string of the molecule is CCNC(=NCc1csc(C(C)C)n1)NC1CCCC(C(=O)NC2CC2)C1. The Hall–Kier alpha value is -1.63. The van der Waals surface area contributed by atoms with E-state index in [9.17, 15) is 4.79 Å². The van der Waals surface area contributed by atoms with Crippen molar-refractivity contribution in [2.75, 3.05) is 6.54 Å². The molecule has 2 aliphatic rings. The number of rotatable bonds is 7. The molecule has 1 amide bonds. The zero-order valence-corrected chi connectivity index (χ0v) is 17.6. The van der Waals surface area contributed by atoms with Gasteiger partial charge in [-0.2, -0.15) is 0 Å². The van der Waals surface area contributed by atoms with Gasteiger partial charge in [-0.3, -0.25) is 4.79 Å². The van der Waals surface area contributed by atoms with Crippen LogP contribution in [0.3, 0.4) is 0 Å². The van der Waals surface area contributed by atoms with Gasteiger partial charge >= 0.3 is 0 Å². The van der Waals surface area contributed by atoms with Crippen LogP contribution in [0.15, 0.2) is 10.4 Å². The largest absolute Gasteiger partial charge is 0.357 e. The van der Waals surface area contributed by atoms with E-state index in [1.807, 2.05) is 0 Å². The van der Waals surface area contributed by atoms with Crippen molar-refractivity contribution >= 4 is 23.2 Å². The van der Waals surface area contributed by atoms with E-state index in [2.05, 4.69) is 47.1 Å². The number of carbonyl (C=O) groups is 1. The van der Waals surface area contributed by atoms with Crippen LogP contribution in [-0.2, 0) is 11.3 Å². The lowest BCUT2D eigenvalue weighted by molar-refractivity contribution is -0.126. The Morgan fingerprint density at radius 2 is 2.07 bits per heavy atom. The van der Waals surface area contributed by atoms with E-state index in [-0.39, 0.29) is 11.8 Å². The highest BCUT2D eigenvalue weighted by molar-refractivity contribution is 7.09. The Bertz CT molecular complexity index is 653. The molecule has 0 bridgehead atoms. The predicted octanol–water partition coefficient (Wildman–Crippen LogP) is 3.16.